The molecule has 6 nitrogen and oxygen atoms in total. The lowest BCUT2D eigenvalue weighted by molar-refractivity contribution is 0.0475. The first kappa shape index (κ1) is 23.4. The molecule has 3 aromatic carbocycles. The fraction of sp³-hybridized carbons (Fsp3) is 0.280. The molecule has 3 aromatic rings. The SMILES string of the molecule is O=C(OCC(=O)c1cccc2ccccc12)c1ccc(Cl)c(S(=O)(=O)N2CCCCCC2)c1. The second-order valence-electron chi connectivity index (χ2n) is 7.99. The van der Waals surface area contributed by atoms with Gasteiger partial charge in [-0.3, -0.25) is 4.79 Å². The molecule has 0 bridgehead atoms. The highest BCUT2D eigenvalue weighted by atomic mass is 35.5. The monoisotopic (exact) mass is 485 g/mol. The number of ether oxygens (including phenoxy) is 1. The van der Waals surface area contributed by atoms with E-state index in [4.69, 9.17) is 16.3 Å². The Morgan fingerprint density at radius 3 is 2.36 bits per heavy atom. The zero-order valence-electron chi connectivity index (χ0n) is 18.0. The number of Topliss-reactive ketones (excluding diaryl/α,β-unsaturated/α-hetero) is 1. The number of rotatable bonds is 6. The van der Waals surface area contributed by atoms with E-state index < -0.39 is 22.6 Å². The molecule has 0 amide bonds. The zero-order valence-corrected chi connectivity index (χ0v) is 19.6. The maximum absolute atomic E-state index is 13.1. The Bertz CT molecular complexity index is 1290. The van der Waals surface area contributed by atoms with Gasteiger partial charge in [0.1, 0.15) is 4.90 Å². The smallest absolute Gasteiger partial charge is 0.338 e. The summed E-state index contributed by atoms with van der Waals surface area (Å²) in [5.41, 5.74) is 0.486. The van der Waals surface area contributed by atoms with Crippen molar-refractivity contribution in [3.63, 3.8) is 0 Å². The molecule has 33 heavy (non-hydrogen) atoms. The molecule has 4 rings (SSSR count). The van der Waals surface area contributed by atoms with E-state index in [-0.39, 0.29) is 21.3 Å². The van der Waals surface area contributed by atoms with Gasteiger partial charge in [-0.25, -0.2) is 13.2 Å². The second kappa shape index (κ2) is 10.0. The van der Waals surface area contributed by atoms with E-state index in [1.165, 1.54) is 22.5 Å². The van der Waals surface area contributed by atoms with Crippen LogP contribution in [0.25, 0.3) is 10.8 Å². The van der Waals surface area contributed by atoms with Crippen molar-refractivity contribution >= 4 is 44.1 Å². The predicted octanol–water partition coefficient (Wildman–Crippen LogP) is 5.10. The first-order chi connectivity index (χ1) is 15.9. The van der Waals surface area contributed by atoms with E-state index in [2.05, 4.69) is 0 Å². The van der Waals surface area contributed by atoms with Crippen molar-refractivity contribution in [3.8, 4) is 0 Å². The topological polar surface area (TPSA) is 80.8 Å². The number of benzene rings is 3. The van der Waals surface area contributed by atoms with Gasteiger partial charge < -0.3 is 4.74 Å². The van der Waals surface area contributed by atoms with Gasteiger partial charge in [0.05, 0.1) is 10.6 Å². The largest absolute Gasteiger partial charge is 0.454 e. The summed E-state index contributed by atoms with van der Waals surface area (Å²) in [5.74, 6) is -1.13. The van der Waals surface area contributed by atoms with Gasteiger partial charge in [0.15, 0.2) is 6.61 Å². The van der Waals surface area contributed by atoms with E-state index in [9.17, 15) is 18.0 Å². The number of hydrogen-bond acceptors (Lipinski definition) is 5. The molecule has 8 heteroatoms. The van der Waals surface area contributed by atoms with E-state index in [1.54, 1.807) is 12.1 Å². The van der Waals surface area contributed by atoms with Crippen LogP contribution in [0.2, 0.25) is 5.02 Å². The summed E-state index contributed by atoms with van der Waals surface area (Å²) in [6, 6.07) is 16.8. The summed E-state index contributed by atoms with van der Waals surface area (Å²) in [6.07, 6.45) is 3.54. The minimum absolute atomic E-state index is 0.0264. The first-order valence-corrected chi connectivity index (χ1v) is 12.7. The van der Waals surface area contributed by atoms with Gasteiger partial charge in [-0.2, -0.15) is 4.31 Å². The molecule has 0 unspecified atom stereocenters. The van der Waals surface area contributed by atoms with Gasteiger partial charge in [0, 0.05) is 18.7 Å². The first-order valence-electron chi connectivity index (χ1n) is 10.9. The summed E-state index contributed by atoms with van der Waals surface area (Å²) >= 11 is 6.20. The highest BCUT2D eigenvalue weighted by Gasteiger charge is 2.28. The molecule has 1 fully saturated rings. The van der Waals surface area contributed by atoms with E-state index in [0.29, 0.717) is 18.7 Å². The van der Waals surface area contributed by atoms with Crippen LogP contribution < -0.4 is 0 Å². The molecule has 1 aliphatic heterocycles. The quantitative estimate of drug-likeness (QED) is 0.358. The number of hydrogen-bond donors (Lipinski definition) is 0. The number of nitrogens with zero attached hydrogens (tertiary/aromatic N) is 1. The summed E-state index contributed by atoms with van der Waals surface area (Å²) in [5, 5.41) is 1.73. The van der Waals surface area contributed by atoms with Crippen molar-refractivity contribution in [2.75, 3.05) is 19.7 Å². The molecule has 1 heterocycles. The van der Waals surface area contributed by atoms with Crippen molar-refractivity contribution in [1.82, 2.24) is 4.31 Å². The van der Waals surface area contributed by atoms with Gasteiger partial charge in [0.25, 0.3) is 0 Å². The lowest BCUT2D eigenvalue weighted by Gasteiger charge is -2.21. The molecule has 172 valence electrons. The van der Waals surface area contributed by atoms with Gasteiger partial charge in [-0.05, 0) is 41.8 Å². The van der Waals surface area contributed by atoms with Crippen molar-refractivity contribution < 1.29 is 22.7 Å². The molecule has 0 radical (unpaired) electrons. The Morgan fingerprint density at radius 2 is 1.61 bits per heavy atom. The average molecular weight is 486 g/mol. The van der Waals surface area contributed by atoms with Gasteiger partial charge in [-0.15, -0.1) is 0 Å². The van der Waals surface area contributed by atoms with E-state index >= 15 is 0 Å². The van der Waals surface area contributed by atoms with Crippen LogP contribution in [0.5, 0.6) is 0 Å². The lowest BCUT2D eigenvalue weighted by Crippen LogP contribution is -2.32. The number of sulfonamides is 1. The minimum atomic E-state index is -3.84. The highest BCUT2D eigenvalue weighted by molar-refractivity contribution is 7.89. The van der Waals surface area contributed by atoms with Crippen LogP contribution in [0.1, 0.15) is 46.4 Å². The minimum Gasteiger partial charge on any atom is -0.454 e. The molecular formula is C25H24ClNO5S. The van der Waals surface area contributed by atoms with Crippen molar-refractivity contribution in [3.05, 3.63) is 76.8 Å². The maximum atomic E-state index is 13.1. The number of esters is 1. The molecule has 0 spiro atoms. The number of carbonyl (C=O) groups excluding carboxylic acids is 2. The van der Waals surface area contributed by atoms with Gasteiger partial charge in [-0.1, -0.05) is 66.9 Å². The molecule has 0 atom stereocenters. The number of ketones is 1. The molecule has 0 saturated carbocycles. The molecule has 1 aliphatic rings. The summed E-state index contributed by atoms with van der Waals surface area (Å²) in [4.78, 5) is 25.2. The van der Waals surface area contributed by atoms with Crippen molar-refractivity contribution in [2.45, 2.75) is 30.6 Å². The standard InChI is InChI=1S/C25H24ClNO5S/c26-22-13-12-19(16-24(22)33(30,31)27-14-5-1-2-6-15-27)25(29)32-17-23(28)21-11-7-9-18-8-3-4-10-20(18)21/h3-4,7-13,16H,1-2,5-6,14-15,17H2. The lowest BCUT2D eigenvalue weighted by atomic mass is 10.0. The third-order valence-corrected chi connectivity index (χ3v) is 8.15. The average Bonchev–Trinajstić information content (AvgIpc) is 3.12. The summed E-state index contributed by atoms with van der Waals surface area (Å²) in [6.45, 7) is 0.392. The fourth-order valence-corrected chi connectivity index (χ4v) is 6.03. The predicted molar refractivity (Wildman–Crippen MR) is 127 cm³/mol. The van der Waals surface area contributed by atoms with Crippen LogP contribution in [0.15, 0.2) is 65.6 Å². The summed E-state index contributed by atoms with van der Waals surface area (Å²) in [7, 11) is -3.84. The molecule has 1 saturated heterocycles. The second-order valence-corrected chi connectivity index (χ2v) is 10.3. The Balaban J connectivity index is 1.51. The number of halogens is 1. The maximum Gasteiger partial charge on any atom is 0.338 e. The Hall–Kier alpha value is -2.74. The molecule has 0 aliphatic carbocycles. The Morgan fingerprint density at radius 1 is 0.909 bits per heavy atom. The van der Waals surface area contributed by atoms with Crippen LogP contribution in [0.3, 0.4) is 0 Å². The Labute approximate surface area is 198 Å². The zero-order chi connectivity index (χ0) is 23.4. The van der Waals surface area contributed by atoms with Gasteiger partial charge >= 0.3 is 5.97 Å². The highest BCUT2D eigenvalue weighted by Crippen LogP contribution is 2.28. The van der Waals surface area contributed by atoms with E-state index in [1.807, 2.05) is 30.3 Å². The van der Waals surface area contributed by atoms with Gasteiger partial charge in [0.2, 0.25) is 15.8 Å². The summed E-state index contributed by atoms with van der Waals surface area (Å²) < 4.78 is 32.9. The van der Waals surface area contributed by atoms with E-state index in [0.717, 1.165) is 36.5 Å². The third kappa shape index (κ3) is 5.11. The molecule has 0 N–H and O–H groups in total. The van der Waals surface area contributed by atoms with Crippen molar-refractivity contribution in [1.29, 1.82) is 0 Å². The van der Waals surface area contributed by atoms with Crippen LogP contribution in [0, 0.1) is 0 Å². The fourth-order valence-electron chi connectivity index (χ4n) is 4.01. The number of carbonyl (C=O) groups is 2. The van der Waals surface area contributed by atoms with Crippen LogP contribution in [-0.4, -0.2) is 44.2 Å². The molecular weight excluding hydrogens is 462 g/mol. The third-order valence-electron chi connectivity index (χ3n) is 5.77. The van der Waals surface area contributed by atoms with Crippen LogP contribution in [-0.2, 0) is 14.8 Å². The van der Waals surface area contributed by atoms with Crippen LogP contribution in [0.4, 0.5) is 0 Å². The normalized spacial score (nSPS) is 15.2. The Kier molecular flexibility index (Phi) is 7.12. The van der Waals surface area contributed by atoms with Crippen LogP contribution >= 0.6 is 11.6 Å². The van der Waals surface area contributed by atoms with Crippen molar-refractivity contribution in [2.24, 2.45) is 0 Å². The molecule has 0 aromatic heterocycles. The number of fused-ring (bicyclic) bond motifs is 1.